The van der Waals surface area contributed by atoms with Crippen molar-refractivity contribution < 1.29 is 18.3 Å². The van der Waals surface area contributed by atoms with E-state index in [-0.39, 0.29) is 12.0 Å². The zero-order valence-corrected chi connectivity index (χ0v) is 8.38. The normalized spacial score (nSPS) is 16.1. The summed E-state index contributed by atoms with van der Waals surface area (Å²) in [6.07, 6.45) is -4.60. The molecule has 1 aromatic rings. The Hall–Kier alpha value is -1.03. The van der Waals surface area contributed by atoms with Gasteiger partial charge in [0.05, 0.1) is 6.61 Å². The number of hydrogen-bond donors (Lipinski definition) is 1. The lowest BCUT2D eigenvalue weighted by Crippen LogP contribution is -2.45. The molecule has 1 nitrogen and oxygen atoms in total. The second kappa shape index (κ2) is 4.23. The summed E-state index contributed by atoms with van der Waals surface area (Å²) in [5, 5.41) is 9.05. The van der Waals surface area contributed by atoms with Crippen molar-refractivity contribution in [1.82, 2.24) is 0 Å². The van der Waals surface area contributed by atoms with E-state index in [0.717, 1.165) is 0 Å². The molecule has 1 atom stereocenters. The lowest BCUT2D eigenvalue weighted by atomic mass is 9.78. The van der Waals surface area contributed by atoms with Crippen LogP contribution >= 0.6 is 0 Å². The fraction of sp³-hybridized carbons (Fsp3) is 0.455. The van der Waals surface area contributed by atoms with Gasteiger partial charge in [-0.05, 0) is 12.0 Å². The Morgan fingerprint density at radius 3 is 2.00 bits per heavy atom. The van der Waals surface area contributed by atoms with Gasteiger partial charge in [0.25, 0.3) is 0 Å². The molecule has 1 N–H and O–H groups in total. The molecule has 1 unspecified atom stereocenters. The van der Waals surface area contributed by atoms with Crippen LogP contribution in [0.2, 0.25) is 0 Å². The van der Waals surface area contributed by atoms with E-state index in [1.54, 1.807) is 18.2 Å². The Balaban J connectivity index is 3.24. The maximum atomic E-state index is 12.9. The highest BCUT2D eigenvalue weighted by atomic mass is 19.4. The molecular formula is C11H13F3O. The van der Waals surface area contributed by atoms with E-state index in [4.69, 9.17) is 5.11 Å². The van der Waals surface area contributed by atoms with Crippen LogP contribution in [-0.4, -0.2) is 17.9 Å². The van der Waals surface area contributed by atoms with Crippen molar-refractivity contribution >= 4 is 0 Å². The molecule has 0 spiro atoms. The van der Waals surface area contributed by atoms with Crippen LogP contribution in [0, 0.1) is 0 Å². The van der Waals surface area contributed by atoms with Gasteiger partial charge in [0, 0.05) is 0 Å². The zero-order chi connectivity index (χ0) is 11.5. The molecule has 0 saturated heterocycles. The Kier molecular flexibility index (Phi) is 3.39. The molecule has 15 heavy (non-hydrogen) atoms. The van der Waals surface area contributed by atoms with E-state index in [1.165, 1.54) is 19.1 Å². The molecule has 0 amide bonds. The largest absolute Gasteiger partial charge is 0.400 e. The maximum absolute atomic E-state index is 12.9. The molecule has 0 aliphatic heterocycles. The van der Waals surface area contributed by atoms with Crippen molar-refractivity contribution in [2.45, 2.75) is 24.9 Å². The fourth-order valence-corrected chi connectivity index (χ4v) is 1.62. The van der Waals surface area contributed by atoms with Crippen LogP contribution in [0.3, 0.4) is 0 Å². The number of alkyl halides is 3. The summed E-state index contributed by atoms with van der Waals surface area (Å²) in [5.41, 5.74) is -2.02. The predicted octanol–water partition coefficient (Wildman–Crippen LogP) is 2.89. The molecule has 1 rings (SSSR count). The summed E-state index contributed by atoms with van der Waals surface area (Å²) in [6.45, 7) is 0.508. The van der Waals surface area contributed by atoms with Gasteiger partial charge in [-0.1, -0.05) is 37.3 Å². The minimum atomic E-state index is -4.43. The SMILES string of the molecule is CCC(CO)(c1ccccc1)C(F)(F)F. The van der Waals surface area contributed by atoms with Crippen molar-refractivity contribution in [2.75, 3.05) is 6.61 Å². The van der Waals surface area contributed by atoms with Gasteiger partial charge in [-0.3, -0.25) is 0 Å². The highest BCUT2D eigenvalue weighted by molar-refractivity contribution is 5.27. The number of aliphatic hydroxyl groups excluding tert-OH is 1. The van der Waals surface area contributed by atoms with E-state index < -0.39 is 18.2 Å². The summed E-state index contributed by atoms with van der Waals surface area (Å²) >= 11 is 0. The fourth-order valence-electron chi connectivity index (χ4n) is 1.62. The molecule has 0 aliphatic carbocycles. The summed E-state index contributed by atoms with van der Waals surface area (Å²) in [4.78, 5) is 0. The van der Waals surface area contributed by atoms with Crippen LogP contribution in [0.5, 0.6) is 0 Å². The highest BCUT2D eigenvalue weighted by Crippen LogP contribution is 2.43. The summed E-state index contributed by atoms with van der Waals surface area (Å²) in [6, 6.07) is 7.53. The van der Waals surface area contributed by atoms with Crippen LogP contribution in [0.4, 0.5) is 13.2 Å². The minimum absolute atomic E-state index is 0.113. The number of aliphatic hydroxyl groups is 1. The van der Waals surface area contributed by atoms with E-state index in [1.807, 2.05) is 0 Å². The smallest absolute Gasteiger partial charge is 0.395 e. The van der Waals surface area contributed by atoms with Crippen LogP contribution in [-0.2, 0) is 5.41 Å². The molecule has 84 valence electrons. The molecule has 0 saturated carbocycles. The molecule has 0 aromatic heterocycles. The minimum Gasteiger partial charge on any atom is -0.395 e. The standard InChI is InChI=1S/C11H13F3O/c1-2-10(8-15,11(12,13)14)9-6-4-3-5-7-9/h3-7,15H,2,8H2,1H3. The Labute approximate surface area is 86.5 Å². The van der Waals surface area contributed by atoms with Gasteiger partial charge in [0.15, 0.2) is 0 Å². The lowest BCUT2D eigenvalue weighted by Gasteiger charge is -2.33. The van der Waals surface area contributed by atoms with Gasteiger partial charge in [0.2, 0.25) is 0 Å². The highest BCUT2D eigenvalue weighted by Gasteiger charge is 2.54. The summed E-state index contributed by atoms with van der Waals surface area (Å²) in [5.74, 6) is 0. The van der Waals surface area contributed by atoms with Crippen LogP contribution < -0.4 is 0 Å². The van der Waals surface area contributed by atoms with Crippen LogP contribution in [0.15, 0.2) is 30.3 Å². The average molecular weight is 218 g/mol. The van der Waals surface area contributed by atoms with E-state index >= 15 is 0 Å². The third-order valence-electron chi connectivity index (χ3n) is 2.74. The van der Waals surface area contributed by atoms with Crippen LogP contribution in [0.1, 0.15) is 18.9 Å². The van der Waals surface area contributed by atoms with Gasteiger partial charge in [-0.2, -0.15) is 13.2 Å². The quantitative estimate of drug-likeness (QED) is 0.827. The maximum Gasteiger partial charge on any atom is 0.400 e. The van der Waals surface area contributed by atoms with Crippen molar-refractivity contribution in [3.8, 4) is 0 Å². The van der Waals surface area contributed by atoms with E-state index in [9.17, 15) is 13.2 Å². The lowest BCUT2D eigenvalue weighted by molar-refractivity contribution is -0.202. The number of hydrogen-bond acceptors (Lipinski definition) is 1. The topological polar surface area (TPSA) is 20.2 Å². The molecule has 1 aromatic carbocycles. The number of benzene rings is 1. The molecule has 0 radical (unpaired) electrons. The first-order valence-electron chi connectivity index (χ1n) is 4.71. The predicted molar refractivity (Wildman–Crippen MR) is 51.6 cm³/mol. The number of rotatable bonds is 3. The Morgan fingerprint density at radius 1 is 1.13 bits per heavy atom. The second-order valence-corrected chi connectivity index (χ2v) is 3.46. The Bertz CT molecular complexity index is 301. The van der Waals surface area contributed by atoms with Gasteiger partial charge in [-0.25, -0.2) is 0 Å². The molecule has 0 aliphatic rings. The van der Waals surface area contributed by atoms with Crippen molar-refractivity contribution in [3.05, 3.63) is 35.9 Å². The third kappa shape index (κ3) is 2.00. The molecule has 0 bridgehead atoms. The zero-order valence-electron chi connectivity index (χ0n) is 8.38. The van der Waals surface area contributed by atoms with Crippen molar-refractivity contribution in [3.63, 3.8) is 0 Å². The summed E-state index contributed by atoms with van der Waals surface area (Å²) < 4.78 is 38.7. The van der Waals surface area contributed by atoms with Gasteiger partial charge < -0.3 is 5.11 Å². The first-order valence-corrected chi connectivity index (χ1v) is 4.71. The van der Waals surface area contributed by atoms with Gasteiger partial charge >= 0.3 is 6.18 Å². The third-order valence-corrected chi connectivity index (χ3v) is 2.74. The molecule has 0 fully saturated rings. The van der Waals surface area contributed by atoms with Gasteiger partial charge in [-0.15, -0.1) is 0 Å². The first-order chi connectivity index (χ1) is 6.98. The molecule has 0 heterocycles. The van der Waals surface area contributed by atoms with Crippen molar-refractivity contribution in [2.24, 2.45) is 0 Å². The summed E-state index contributed by atoms with van der Waals surface area (Å²) in [7, 11) is 0. The van der Waals surface area contributed by atoms with E-state index in [2.05, 4.69) is 0 Å². The van der Waals surface area contributed by atoms with E-state index in [0.29, 0.717) is 0 Å². The van der Waals surface area contributed by atoms with Crippen LogP contribution in [0.25, 0.3) is 0 Å². The number of halogens is 3. The Morgan fingerprint density at radius 2 is 1.67 bits per heavy atom. The molecule has 4 heteroatoms. The average Bonchev–Trinajstić information content (AvgIpc) is 2.20. The van der Waals surface area contributed by atoms with Crippen molar-refractivity contribution in [1.29, 1.82) is 0 Å². The second-order valence-electron chi connectivity index (χ2n) is 3.46. The first kappa shape index (κ1) is 12.0. The monoisotopic (exact) mass is 218 g/mol. The van der Waals surface area contributed by atoms with Gasteiger partial charge in [0.1, 0.15) is 5.41 Å². The molecular weight excluding hydrogens is 205 g/mol.